The van der Waals surface area contributed by atoms with Gasteiger partial charge < -0.3 is 20.3 Å². The number of nitrogens with zero attached hydrogens (tertiary/aromatic N) is 1. The number of hydrogen-bond acceptors (Lipinski definition) is 8. The Morgan fingerprint density at radius 1 is 1.18 bits per heavy atom. The Labute approximate surface area is 226 Å². The van der Waals surface area contributed by atoms with Gasteiger partial charge in [-0.05, 0) is 61.4 Å². The Bertz CT molecular complexity index is 1540. The summed E-state index contributed by atoms with van der Waals surface area (Å²) in [4.78, 5) is 39.8. The summed E-state index contributed by atoms with van der Waals surface area (Å²) < 4.78 is 46.3. The summed E-state index contributed by atoms with van der Waals surface area (Å²) in [7, 11) is -2.59. The molecule has 2 heterocycles. The summed E-state index contributed by atoms with van der Waals surface area (Å²) in [6.07, 6.45) is 0.408. The van der Waals surface area contributed by atoms with Crippen LogP contribution in [0.1, 0.15) is 33.2 Å². The summed E-state index contributed by atoms with van der Waals surface area (Å²) in [6.45, 7) is 1.87. The average molecular weight is 581 g/mol. The highest BCUT2D eigenvalue weighted by atomic mass is 35.5. The number of anilines is 3. The molecule has 3 N–H and O–H groups in total. The van der Waals surface area contributed by atoms with Crippen molar-refractivity contribution in [3.8, 4) is 0 Å². The SMILES string of the molecule is CCOC(=O)c1cc(NC(=O)NS(=O)(=O)c2ccc(Cl)s2)ccc1N1CCc2cc(NC)c(F)cc2C1=O. The van der Waals surface area contributed by atoms with Crippen molar-refractivity contribution in [2.24, 2.45) is 0 Å². The maximum absolute atomic E-state index is 14.4. The largest absolute Gasteiger partial charge is 0.462 e. The van der Waals surface area contributed by atoms with Crippen LogP contribution in [0.15, 0.2) is 46.7 Å². The van der Waals surface area contributed by atoms with Crippen LogP contribution in [0, 0.1) is 5.82 Å². The number of nitrogens with one attached hydrogen (secondary N) is 3. The molecule has 0 bridgehead atoms. The molecule has 0 unspecified atom stereocenters. The molecular weight excluding hydrogens is 559 g/mol. The third-order valence-electron chi connectivity index (χ3n) is 5.62. The number of benzene rings is 2. The highest BCUT2D eigenvalue weighted by Crippen LogP contribution is 2.32. The van der Waals surface area contributed by atoms with Gasteiger partial charge in [0.2, 0.25) is 0 Å². The number of amides is 3. The van der Waals surface area contributed by atoms with Gasteiger partial charge in [-0.1, -0.05) is 11.6 Å². The van der Waals surface area contributed by atoms with E-state index in [1.54, 1.807) is 20.0 Å². The molecule has 0 atom stereocenters. The highest BCUT2D eigenvalue weighted by Gasteiger charge is 2.30. The van der Waals surface area contributed by atoms with Crippen LogP contribution in [0.3, 0.4) is 0 Å². The van der Waals surface area contributed by atoms with E-state index in [2.05, 4.69) is 10.6 Å². The van der Waals surface area contributed by atoms with Gasteiger partial charge in [-0.15, -0.1) is 11.3 Å². The van der Waals surface area contributed by atoms with Crippen LogP contribution in [0.4, 0.5) is 26.2 Å². The van der Waals surface area contributed by atoms with E-state index in [0.29, 0.717) is 12.0 Å². The molecule has 0 saturated heterocycles. The minimum absolute atomic E-state index is 0.0401. The van der Waals surface area contributed by atoms with E-state index in [0.717, 1.165) is 17.4 Å². The Morgan fingerprint density at radius 3 is 2.61 bits per heavy atom. The lowest BCUT2D eigenvalue weighted by Crippen LogP contribution is -2.39. The number of urea groups is 1. The number of hydrogen-bond donors (Lipinski definition) is 3. The zero-order valence-corrected chi connectivity index (χ0v) is 22.5. The number of halogens is 2. The first-order valence-corrected chi connectivity index (χ1v) is 13.9. The second-order valence-corrected chi connectivity index (χ2v) is 11.6. The van der Waals surface area contributed by atoms with Gasteiger partial charge in [-0.2, -0.15) is 0 Å². The quantitative estimate of drug-likeness (QED) is 0.351. The van der Waals surface area contributed by atoms with E-state index in [-0.39, 0.29) is 49.9 Å². The second kappa shape index (κ2) is 11.0. The molecule has 200 valence electrons. The molecule has 1 aliphatic heterocycles. The van der Waals surface area contributed by atoms with Crippen LogP contribution in [0.25, 0.3) is 0 Å². The molecule has 0 aliphatic carbocycles. The first-order chi connectivity index (χ1) is 18.0. The predicted octanol–water partition coefficient (Wildman–Crippen LogP) is 4.47. The summed E-state index contributed by atoms with van der Waals surface area (Å²) >= 11 is 6.56. The van der Waals surface area contributed by atoms with Gasteiger partial charge in [0.25, 0.3) is 15.9 Å². The van der Waals surface area contributed by atoms with Gasteiger partial charge in [0.15, 0.2) is 0 Å². The molecule has 0 saturated carbocycles. The van der Waals surface area contributed by atoms with Gasteiger partial charge in [0, 0.05) is 24.8 Å². The minimum Gasteiger partial charge on any atom is -0.462 e. The second-order valence-electron chi connectivity index (χ2n) is 8.02. The number of carbonyl (C=O) groups excluding carboxylic acids is 3. The first-order valence-electron chi connectivity index (χ1n) is 11.3. The number of thiophene rings is 1. The topological polar surface area (TPSA) is 134 Å². The van der Waals surface area contributed by atoms with Crippen molar-refractivity contribution >= 4 is 67.9 Å². The lowest BCUT2D eigenvalue weighted by molar-refractivity contribution is 0.0527. The normalized spacial score (nSPS) is 13.1. The monoisotopic (exact) mass is 580 g/mol. The van der Waals surface area contributed by atoms with E-state index in [1.165, 1.54) is 35.2 Å². The van der Waals surface area contributed by atoms with Crippen molar-refractivity contribution in [1.82, 2.24) is 4.72 Å². The van der Waals surface area contributed by atoms with Gasteiger partial charge in [-0.3, -0.25) is 4.79 Å². The van der Waals surface area contributed by atoms with Crippen LogP contribution < -0.4 is 20.3 Å². The van der Waals surface area contributed by atoms with Crippen molar-refractivity contribution in [3.63, 3.8) is 0 Å². The molecule has 0 fully saturated rings. The molecule has 2 aromatic carbocycles. The van der Waals surface area contributed by atoms with E-state index in [1.807, 2.05) is 4.72 Å². The molecule has 3 aromatic rings. The van der Waals surface area contributed by atoms with E-state index in [9.17, 15) is 27.2 Å². The number of ether oxygens (including phenoxy) is 1. The third kappa shape index (κ3) is 5.59. The number of rotatable bonds is 7. The van der Waals surface area contributed by atoms with Gasteiger partial charge in [0.1, 0.15) is 10.0 Å². The molecular formula is C24H22ClFN4O6S2. The van der Waals surface area contributed by atoms with Crippen molar-refractivity contribution in [1.29, 1.82) is 0 Å². The van der Waals surface area contributed by atoms with Gasteiger partial charge in [0.05, 0.1) is 27.9 Å². The summed E-state index contributed by atoms with van der Waals surface area (Å²) in [6, 6.07) is 8.41. The van der Waals surface area contributed by atoms with Crippen molar-refractivity contribution in [2.45, 2.75) is 17.6 Å². The van der Waals surface area contributed by atoms with Gasteiger partial charge in [-0.25, -0.2) is 27.1 Å². The van der Waals surface area contributed by atoms with E-state index in [4.69, 9.17) is 16.3 Å². The van der Waals surface area contributed by atoms with Crippen LogP contribution in [0.5, 0.6) is 0 Å². The fourth-order valence-corrected chi connectivity index (χ4v) is 6.31. The van der Waals surface area contributed by atoms with Crippen molar-refractivity contribution in [2.75, 3.05) is 35.7 Å². The molecule has 1 aliphatic rings. The fourth-order valence-electron chi connectivity index (χ4n) is 3.92. The first kappa shape index (κ1) is 27.4. The zero-order valence-electron chi connectivity index (χ0n) is 20.1. The molecule has 38 heavy (non-hydrogen) atoms. The lowest BCUT2D eigenvalue weighted by Gasteiger charge is -2.30. The van der Waals surface area contributed by atoms with E-state index >= 15 is 0 Å². The molecule has 0 spiro atoms. The molecule has 4 rings (SSSR count). The van der Waals surface area contributed by atoms with Crippen molar-refractivity contribution < 1.29 is 31.9 Å². The highest BCUT2D eigenvalue weighted by molar-refractivity contribution is 7.92. The number of fused-ring (bicyclic) bond motifs is 1. The van der Waals surface area contributed by atoms with Crippen molar-refractivity contribution in [3.05, 3.63) is 69.3 Å². The number of esters is 1. The standard InChI is InChI=1S/C24H22ClFN4O6S2/c1-3-36-23(32)16-11-14(28-24(33)29-38(34,35)21-7-6-20(25)37-21)4-5-19(16)30-9-8-13-10-18(27-2)17(26)12-15(13)22(30)31/h4-7,10-12,27H,3,8-9H2,1-2H3,(H2,28,29,33). The Kier molecular flexibility index (Phi) is 7.90. The molecule has 10 nitrogen and oxygen atoms in total. The molecule has 14 heteroatoms. The van der Waals surface area contributed by atoms with Gasteiger partial charge >= 0.3 is 12.0 Å². The van der Waals surface area contributed by atoms with Crippen LogP contribution in [-0.4, -0.2) is 46.5 Å². The minimum atomic E-state index is -4.17. The fraction of sp³-hybridized carbons (Fsp3) is 0.208. The summed E-state index contributed by atoms with van der Waals surface area (Å²) in [5.41, 5.74) is 1.34. The van der Waals surface area contributed by atoms with Crippen LogP contribution >= 0.6 is 22.9 Å². The Hall–Kier alpha value is -3.68. The molecule has 1 aromatic heterocycles. The van der Waals surface area contributed by atoms with Crippen LogP contribution in [-0.2, 0) is 21.2 Å². The average Bonchev–Trinajstić information content (AvgIpc) is 3.32. The van der Waals surface area contributed by atoms with E-state index < -0.39 is 33.7 Å². The maximum Gasteiger partial charge on any atom is 0.340 e. The number of carbonyl (C=O) groups is 3. The summed E-state index contributed by atoms with van der Waals surface area (Å²) in [5, 5.41) is 5.11. The maximum atomic E-state index is 14.4. The zero-order chi connectivity index (χ0) is 27.6. The third-order valence-corrected chi connectivity index (χ3v) is 8.68. The molecule has 3 amide bonds. The molecule has 0 radical (unpaired) electrons. The lowest BCUT2D eigenvalue weighted by atomic mass is 9.96. The number of sulfonamides is 1. The Morgan fingerprint density at radius 2 is 1.95 bits per heavy atom. The smallest absolute Gasteiger partial charge is 0.340 e. The Balaban J connectivity index is 1.62. The predicted molar refractivity (Wildman–Crippen MR) is 142 cm³/mol. The summed E-state index contributed by atoms with van der Waals surface area (Å²) in [5.74, 6) is -1.85. The van der Waals surface area contributed by atoms with Crippen LogP contribution in [0.2, 0.25) is 4.34 Å².